The van der Waals surface area contributed by atoms with Crippen LogP contribution in [0.4, 0.5) is 0 Å². The van der Waals surface area contributed by atoms with E-state index in [1.54, 1.807) is 0 Å². The summed E-state index contributed by atoms with van der Waals surface area (Å²) < 4.78 is 0. The topological polar surface area (TPSA) is 20.2 Å². The first-order chi connectivity index (χ1) is 9.95. The van der Waals surface area contributed by atoms with Crippen molar-refractivity contribution in [1.29, 1.82) is 0 Å². The zero-order chi connectivity index (χ0) is 16.0. The van der Waals surface area contributed by atoms with E-state index < -0.39 is 0 Å². The lowest BCUT2D eigenvalue weighted by Gasteiger charge is -2.22. The van der Waals surface area contributed by atoms with Crippen molar-refractivity contribution in [2.45, 2.75) is 124 Å². The molecule has 0 fully saturated rings. The van der Waals surface area contributed by atoms with Crippen molar-refractivity contribution >= 4 is 0 Å². The first-order valence-electron chi connectivity index (χ1n) is 9.64. The van der Waals surface area contributed by atoms with Crippen molar-refractivity contribution in [3.05, 3.63) is 0 Å². The lowest BCUT2D eigenvalue weighted by Crippen LogP contribution is -2.17. The van der Waals surface area contributed by atoms with Gasteiger partial charge in [0.15, 0.2) is 0 Å². The number of hydrogen-bond acceptors (Lipinski definition) is 1. The van der Waals surface area contributed by atoms with Crippen molar-refractivity contribution in [2.24, 2.45) is 5.41 Å². The maximum Gasteiger partial charge on any atom is 0.0545 e. The minimum absolute atomic E-state index is 0.0897. The molecule has 0 aliphatic heterocycles. The Hall–Kier alpha value is -0.0400. The Bertz CT molecular complexity index is 204. The van der Waals surface area contributed by atoms with Crippen molar-refractivity contribution in [1.82, 2.24) is 0 Å². The van der Waals surface area contributed by atoms with Crippen molar-refractivity contribution < 1.29 is 5.11 Å². The van der Waals surface area contributed by atoms with Crippen LogP contribution in [-0.2, 0) is 0 Å². The van der Waals surface area contributed by atoms with Gasteiger partial charge in [0, 0.05) is 0 Å². The predicted octanol–water partition coefficient (Wildman–Crippen LogP) is 6.87. The maximum atomic E-state index is 9.95. The molecule has 0 spiro atoms. The van der Waals surface area contributed by atoms with E-state index in [4.69, 9.17) is 0 Å². The molecule has 0 radical (unpaired) electrons. The first-order valence-corrected chi connectivity index (χ1v) is 9.64. The van der Waals surface area contributed by atoms with Crippen molar-refractivity contribution in [3.63, 3.8) is 0 Å². The summed E-state index contributed by atoms with van der Waals surface area (Å²) in [7, 11) is 0. The van der Waals surface area contributed by atoms with Gasteiger partial charge in [-0.15, -0.1) is 0 Å². The molecule has 0 heterocycles. The molecule has 0 saturated heterocycles. The Morgan fingerprint density at radius 3 is 1.43 bits per heavy atom. The molecule has 0 saturated carbocycles. The Labute approximate surface area is 134 Å². The Morgan fingerprint density at radius 2 is 1.05 bits per heavy atom. The molecule has 0 aliphatic rings. The van der Waals surface area contributed by atoms with Crippen LogP contribution in [-0.4, -0.2) is 11.2 Å². The quantitative estimate of drug-likeness (QED) is 0.347. The van der Waals surface area contributed by atoms with Gasteiger partial charge in [-0.2, -0.15) is 0 Å². The van der Waals surface area contributed by atoms with Crippen molar-refractivity contribution in [2.75, 3.05) is 0 Å². The second-order valence-corrected chi connectivity index (χ2v) is 8.10. The van der Waals surface area contributed by atoms with E-state index in [1.165, 1.54) is 77.0 Å². The van der Waals surface area contributed by atoms with Crippen LogP contribution in [0.5, 0.6) is 0 Å². The summed E-state index contributed by atoms with van der Waals surface area (Å²) in [6.07, 6.45) is 18.5. The van der Waals surface area contributed by atoms with E-state index in [9.17, 15) is 5.11 Å². The fourth-order valence-corrected chi connectivity index (χ4v) is 3.03. The molecular weight excluding hydrogens is 256 g/mol. The van der Waals surface area contributed by atoms with Crippen LogP contribution in [0.1, 0.15) is 118 Å². The van der Waals surface area contributed by atoms with E-state index in [-0.39, 0.29) is 11.5 Å². The lowest BCUT2D eigenvalue weighted by molar-refractivity contribution is 0.110. The average molecular weight is 299 g/mol. The molecular formula is C20H42O. The van der Waals surface area contributed by atoms with E-state index in [0.717, 1.165) is 12.8 Å². The minimum atomic E-state index is -0.0897. The summed E-state index contributed by atoms with van der Waals surface area (Å²) in [5, 5.41) is 9.95. The molecule has 1 unspecified atom stereocenters. The first kappa shape index (κ1) is 21.0. The van der Waals surface area contributed by atoms with Gasteiger partial charge < -0.3 is 5.11 Å². The van der Waals surface area contributed by atoms with Gasteiger partial charge in [0.05, 0.1) is 6.10 Å². The monoisotopic (exact) mass is 298 g/mol. The Kier molecular flexibility index (Phi) is 13.6. The molecule has 0 rings (SSSR count). The molecule has 0 aliphatic carbocycles. The van der Waals surface area contributed by atoms with Crippen LogP contribution in [0, 0.1) is 5.41 Å². The van der Waals surface area contributed by atoms with E-state index in [0.29, 0.717) is 0 Å². The summed E-state index contributed by atoms with van der Waals surface area (Å²) in [6.45, 7) is 8.90. The van der Waals surface area contributed by atoms with Gasteiger partial charge in [-0.3, -0.25) is 0 Å². The molecule has 21 heavy (non-hydrogen) atoms. The van der Waals surface area contributed by atoms with Crippen LogP contribution in [0.15, 0.2) is 0 Å². The summed E-state index contributed by atoms with van der Waals surface area (Å²) in [6, 6.07) is 0. The fraction of sp³-hybridized carbons (Fsp3) is 1.00. The summed E-state index contributed by atoms with van der Waals surface area (Å²) in [5.41, 5.74) is 0.260. The minimum Gasteiger partial charge on any atom is -0.393 e. The van der Waals surface area contributed by atoms with Crippen LogP contribution < -0.4 is 0 Å². The van der Waals surface area contributed by atoms with Crippen LogP contribution >= 0.6 is 0 Å². The molecule has 0 aromatic rings. The molecule has 1 N–H and O–H groups in total. The highest BCUT2D eigenvalue weighted by Crippen LogP contribution is 2.23. The molecule has 128 valence electrons. The van der Waals surface area contributed by atoms with Crippen LogP contribution in [0.25, 0.3) is 0 Å². The standard InChI is InChI=1S/C20H42O/c1-5-6-7-8-9-10-11-12-13-14-15-16-17-19(21)18-20(2,3)4/h19,21H,5-18H2,1-4H3. The predicted molar refractivity (Wildman–Crippen MR) is 95.8 cm³/mol. The third-order valence-electron chi connectivity index (χ3n) is 4.24. The number of rotatable bonds is 14. The highest BCUT2D eigenvalue weighted by molar-refractivity contribution is 4.68. The molecule has 1 heteroatoms. The van der Waals surface area contributed by atoms with Gasteiger partial charge in [-0.1, -0.05) is 105 Å². The molecule has 0 aromatic carbocycles. The second-order valence-electron chi connectivity index (χ2n) is 8.10. The summed E-state index contributed by atoms with van der Waals surface area (Å²) in [4.78, 5) is 0. The van der Waals surface area contributed by atoms with Gasteiger partial charge in [-0.25, -0.2) is 0 Å². The van der Waals surface area contributed by atoms with E-state index in [1.807, 2.05) is 0 Å². The van der Waals surface area contributed by atoms with Crippen LogP contribution in [0.2, 0.25) is 0 Å². The van der Waals surface area contributed by atoms with Gasteiger partial charge in [0.25, 0.3) is 0 Å². The molecule has 0 bridgehead atoms. The van der Waals surface area contributed by atoms with E-state index >= 15 is 0 Å². The summed E-state index contributed by atoms with van der Waals surface area (Å²) in [5.74, 6) is 0. The number of unbranched alkanes of at least 4 members (excludes halogenated alkanes) is 11. The Morgan fingerprint density at radius 1 is 0.667 bits per heavy atom. The molecule has 1 atom stereocenters. The number of hydrogen-bond donors (Lipinski definition) is 1. The molecule has 0 amide bonds. The van der Waals surface area contributed by atoms with Gasteiger partial charge in [-0.05, 0) is 18.3 Å². The number of aliphatic hydroxyl groups excluding tert-OH is 1. The molecule has 0 aromatic heterocycles. The Balaban J connectivity index is 3.15. The zero-order valence-corrected chi connectivity index (χ0v) is 15.4. The third-order valence-corrected chi connectivity index (χ3v) is 4.24. The van der Waals surface area contributed by atoms with Crippen molar-refractivity contribution in [3.8, 4) is 0 Å². The highest BCUT2D eigenvalue weighted by atomic mass is 16.3. The normalized spacial score (nSPS) is 13.6. The SMILES string of the molecule is CCCCCCCCCCCCCCC(O)CC(C)(C)C. The lowest BCUT2D eigenvalue weighted by atomic mass is 9.87. The smallest absolute Gasteiger partial charge is 0.0545 e. The fourth-order valence-electron chi connectivity index (χ4n) is 3.03. The number of aliphatic hydroxyl groups is 1. The zero-order valence-electron chi connectivity index (χ0n) is 15.4. The maximum absolute atomic E-state index is 9.95. The average Bonchev–Trinajstić information content (AvgIpc) is 2.38. The van der Waals surface area contributed by atoms with Gasteiger partial charge in [0.1, 0.15) is 0 Å². The van der Waals surface area contributed by atoms with Gasteiger partial charge in [0.2, 0.25) is 0 Å². The summed E-state index contributed by atoms with van der Waals surface area (Å²) >= 11 is 0. The molecule has 1 nitrogen and oxygen atoms in total. The third kappa shape index (κ3) is 17.9. The van der Waals surface area contributed by atoms with Gasteiger partial charge >= 0.3 is 0 Å². The van der Waals surface area contributed by atoms with Crippen LogP contribution in [0.3, 0.4) is 0 Å². The largest absolute Gasteiger partial charge is 0.393 e. The van der Waals surface area contributed by atoms with E-state index in [2.05, 4.69) is 27.7 Å². The second kappa shape index (κ2) is 13.6. The highest BCUT2D eigenvalue weighted by Gasteiger charge is 2.15.